The van der Waals surface area contributed by atoms with Crippen LogP contribution in [0, 0.1) is 0 Å². The molecule has 248 valence electrons. The Hall–Kier alpha value is -7.02. The van der Waals surface area contributed by atoms with Gasteiger partial charge in [0.25, 0.3) is 0 Å². The van der Waals surface area contributed by atoms with E-state index in [0.29, 0.717) is 0 Å². The van der Waals surface area contributed by atoms with Gasteiger partial charge in [0.2, 0.25) is 0 Å². The van der Waals surface area contributed by atoms with Crippen molar-refractivity contribution in [1.29, 1.82) is 0 Å². The minimum atomic E-state index is 1.23. The Kier molecular flexibility index (Phi) is 6.15. The van der Waals surface area contributed by atoms with Crippen molar-refractivity contribution >= 4 is 64.6 Å². The minimum absolute atomic E-state index is 1.23. The standard InChI is InChI=1S/C54H32/c1-4-13-43-33(10-1)20-25-39-31-52(46-16-7-8-17-48(46)53(39)43)38-24-22-34-28-37(23-21-35(34)29-38)51-32-40(30-36-11-2-3-12-41(36)51)42-26-27-50-45-15-6-5-14-44(45)49-19-9-18-47(42)54(49)50/h1-32H. The van der Waals surface area contributed by atoms with Gasteiger partial charge in [-0.05, 0) is 151 Å². The van der Waals surface area contributed by atoms with E-state index in [1.54, 1.807) is 0 Å². The molecule has 12 rings (SSSR count). The van der Waals surface area contributed by atoms with Crippen LogP contribution in [0.2, 0.25) is 0 Å². The van der Waals surface area contributed by atoms with Gasteiger partial charge < -0.3 is 0 Å². The van der Waals surface area contributed by atoms with Gasteiger partial charge in [0.05, 0.1) is 0 Å². The van der Waals surface area contributed by atoms with Crippen LogP contribution in [0.25, 0.3) is 120 Å². The quantitative estimate of drug-likeness (QED) is 0.163. The Morgan fingerprint density at radius 2 is 0.704 bits per heavy atom. The monoisotopic (exact) mass is 680 g/mol. The van der Waals surface area contributed by atoms with Crippen molar-refractivity contribution in [3.8, 4) is 55.6 Å². The molecule has 11 aromatic rings. The fourth-order valence-electron chi connectivity index (χ4n) is 9.46. The van der Waals surface area contributed by atoms with E-state index in [2.05, 4.69) is 194 Å². The zero-order valence-electron chi connectivity index (χ0n) is 29.5. The van der Waals surface area contributed by atoms with E-state index in [9.17, 15) is 0 Å². The molecule has 0 radical (unpaired) electrons. The third kappa shape index (κ3) is 4.26. The highest BCUT2D eigenvalue weighted by Crippen LogP contribution is 2.50. The van der Waals surface area contributed by atoms with Crippen LogP contribution in [0.1, 0.15) is 0 Å². The molecular weight excluding hydrogens is 649 g/mol. The van der Waals surface area contributed by atoms with Gasteiger partial charge in [0.1, 0.15) is 0 Å². The topological polar surface area (TPSA) is 0 Å². The summed E-state index contributed by atoms with van der Waals surface area (Å²) >= 11 is 0. The molecule has 0 bridgehead atoms. The van der Waals surface area contributed by atoms with Crippen LogP contribution in [-0.2, 0) is 0 Å². The van der Waals surface area contributed by atoms with Gasteiger partial charge in [-0.2, -0.15) is 0 Å². The first kappa shape index (κ1) is 29.5. The Bertz CT molecular complexity index is 3350. The van der Waals surface area contributed by atoms with Crippen LogP contribution < -0.4 is 0 Å². The molecule has 0 nitrogen and oxygen atoms in total. The molecule has 0 atom stereocenters. The highest BCUT2D eigenvalue weighted by molar-refractivity contribution is 6.23. The summed E-state index contributed by atoms with van der Waals surface area (Å²) in [6.07, 6.45) is 0. The third-order valence-electron chi connectivity index (χ3n) is 11.9. The Balaban J connectivity index is 1.00. The molecule has 0 unspecified atom stereocenters. The Morgan fingerprint density at radius 3 is 1.48 bits per heavy atom. The molecule has 0 saturated carbocycles. The second-order valence-electron chi connectivity index (χ2n) is 14.8. The van der Waals surface area contributed by atoms with Gasteiger partial charge in [-0.3, -0.25) is 0 Å². The van der Waals surface area contributed by atoms with E-state index in [1.807, 2.05) is 0 Å². The van der Waals surface area contributed by atoms with Crippen molar-refractivity contribution in [2.24, 2.45) is 0 Å². The lowest BCUT2D eigenvalue weighted by atomic mass is 9.88. The predicted octanol–water partition coefficient (Wildman–Crippen LogP) is 15.3. The lowest BCUT2D eigenvalue weighted by Gasteiger charge is -2.15. The summed E-state index contributed by atoms with van der Waals surface area (Å²) in [5, 5.41) is 15.4. The molecule has 1 aliphatic rings. The first-order valence-corrected chi connectivity index (χ1v) is 18.8. The van der Waals surface area contributed by atoms with E-state index in [0.717, 1.165) is 0 Å². The van der Waals surface area contributed by atoms with Gasteiger partial charge in [-0.1, -0.05) is 164 Å². The second kappa shape index (κ2) is 11.2. The number of hydrogen-bond acceptors (Lipinski definition) is 0. The highest BCUT2D eigenvalue weighted by Gasteiger charge is 2.22. The molecule has 0 spiro atoms. The van der Waals surface area contributed by atoms with Gasteiger partial charge in [-0.25, -0.2) is 0 Å². The SMILES string of the molecule is c1ccc2c(c1)-c1cccc3c(-c4cc(-c5ccc6cc(-c7cc8ccc9ccccc9c8c8ccccc78)ccc6c5)c5ccccc5c4)ccc-2c13. The first-order chi connectivity index (χ1) is 26.8. The van der Waals surface area contributed by atoms with Crippen molar-refractivity contribution in [3.63, 3.8) is 0 Å². The van der Waals surface area contributed by atoms with Crippen molar-refractivity contribution in [1.82, 2.24) is 0 Å². The summed E-state index contributed by atoms with van der Waals surface area (Å²) in [7, 11) is 0. The summed E-state index contributed by atoms with van der Waals surface area (Å²) < 4.78 is 0. The lowest BCUT2D eigenvalue weighted by Crippen LogP contribution is -1.89. The van der Waals surface area contributed by atoms with Crippen LogP contribution in [0.5, 0.6) is 0 Å². The predicted molar refractivity (Wildman–Crippen MR) is 232 cm³/mol. The summed E-state index contributed by atoms with van der Waals surface area (Å²) in [4.78, 5) is 0. The zero-order chi connectivity index (χ0) is 35.3. The molecule has 0 aliphatic heterocycles. The van der Waals surface area contributed by atoms with E-state index >= 15 is 0 Å². The minimum Gasteiger partial charge on any atom is -0.0616 e. The van der Waals surface area contributed by atoms with E-state index < -0.39 is 0 Å². The van der Waals surface area contributed by atoms with Crippen molar-refractivity contribution in [2.75, 3.05) is 0 Å². The third-order valence-corrected chi connectivity index (χ3v) is 11.9. The van der Waals surface area contributed by atoms with Crippen LogP contribution in [0.4, 0.5) is 0 Å². The first-order valence-electron chi connectivity index (χ1n) is 18.8. The molecule has 11 aromatic carbocycles. The van der Waals surface area contributed by atoms with E-state index in [1.165, 1.54) is 120 Å². The van der Waals surface area contributed by atoms with Crippen LogP contribution >= 0.6 is 0 Å². The normalized spacial score (nSPS) is 12.1. The van der Waals surface area contributed by atoms with Crippen molar-refractivity contribution in [3.05, 3.63) is 194 Å². The van der Waals surface area contributed by atoms with Crippen LogP contribution in [-0.4, -0.2) is 0 Å². The number of hydrogen-bond donors (Lipinski definition) is 0. The van der Waals surface area contributed by atoms with Crippen LogP contribution in [0.15, 0.2) is 194 Å². The smallest absolute Gasteiger partial charge is 0.00201 e. The molecular formula is C54H32. The van der Waals surface area contributed by atoms with Crippen molar-refractivity contribution in [2.45, 2.75) is 0 Å². The summed E-state index contributed by atoms with van der Waals surface area (Å²) in [5.74, 6) is 0. The molecule has 0 fully saturated rings. The van der Waals surface area contributed by atoms with E-state index in [4.69, 9.17) is 0 Å². The van der Waals surface area contributed by atoms with E-state index in [-0.39, 0.29) is 0 Å². The molecule has 0 N–H and O–H groups in total. The molecule has 0 saturated heterocycles. The van der Waals surface area contributed by atoms with Crippen LogP contribution in [0.3, 0.4) is 0 Å². The molecule has 0 heteroatoms. The van der Waals surface area contributed by atoms with Gasteiger partial charge >= 0.3 is 0 Å². The van der Waals surface area contributed by atoms with Gasteiger partial charge in [-0.15, -0.1) is 0 Å². The largest absolute Gasteiger partial charge is 0.0616 e. The zero-order valence-corrected chi connectivity index (χ0v) is 29.5. The highest BCUT2D eigenvalue weighted by atomic mass is 14.3. The lowest BCUT2D eigenvalue weighted by molar-refractivity contribution is 1.65. The van der Waals surface area contributed by atoms with Crippen molar-refractivity contribution < 1.29 is 0 Å². The Morgan fingerprint density at radius 1 is 0.185 bits per heavy atom. The summed E-state index contributed by atoms with van der Waals surface area (Å²) in [6.45, 7) is 0. The molecule has 0 aromatic heterocycles. The molecule has 0 amide bonds. The molecule has 0 heterocycles. The summed E-state index contributed by atoms with van der Waals surface area (Å²) in [5.41, 5.74) is 12.8. The maximum atomic E-state index is 2.41. The number of fused-ring (bicyclic) bond motifs is 10. The van der Waals surface area contributed by atoms with Gasteiger partial charge in [0, 0.05) is 0 Å². The summed E-state index contributed by atoms with van der Waals surface area (Å²) in [6, 6.07) is 72.4. The maximum Gasteiger partial charge on any atom is -0.00201 e. The maximum absolute atomic E-state index is 2.41. The molecule has 54 heavy (non-hydrogen) atoms. The average Bonchev–Trinajstić information content (AvgIpc) is 3.57. The second-order valence-corrected chi connectivity index (χ2v) is 14.8. The fourth-order valence-corrected chi connectivity index (χ4v) is 9.46. The number of rotatable bonds is 3. The Labute approximate surface area is 313 Å². The number of benzene rings is 11. The average molecular weight is 681 g/mol. The van der Waals surface area contributed by atoms with Gasteiger partial charge in [0.15, 0.2) is 0 Å². The fraction of sp³-hybridized carbons (Fsp3) is 0. The molecule has 1 aliphatic carbocycles.